The number of aromatic nitrogens is 2. The first-order chi connectivity index (χ1) is 26.4. The molecule has 5 aromatic rings. The van der Waals surface area contributed by atoms with Crippen molar-refractivity contribution < 1.29 is 14.3 Å². The summed E-state index contributed by atoms with van der Waals surface area (Å²) in [7, 11) is 0. The lowest BCUT2D eigenvalue weighted by Gasteiger charge is -2.39. The predicted molar refractivity (Wildman–Crippen MR) is 215 cm³/mol. The summed E-state index contributed by atoms with van der Waals surface area (Å²) in [6.45, 7) is 5.20. The van der Waals surface area contributed by atoms with E-state index in [2.05, 4.69) is 75.7 Å². The van der Waals surface area contributed by atoms with Crippen molar-refractivity contribution in [3.8, 4) is 0 Å². The van der Waals surface area contributed by atoms with Gasteiger partial charge >= 0.3 is 0 Å². The number of piperazine rings is 1. The third kappa shape index (κ3) is 6.14. The number of anilines is 2. The van der Waals surface area contributed by atoms with E-state index in [4.69, 9.17) is 32.9 Å². The number of halogens is 2. The van der Waals surface area contributed by atoms with Crippen molar-refractivity contribution >= 4 is 68.7 Å². The van der Waals surface area contributed by atoms with E-state index in [0.717, 1.165) is 63.7 Å². The maximum Gasteiger partial charge on any atom is 0.272 e. The van der Waals surface area contributed by atoms with E-state index in [1.54, 1.807) is 6.20 Å². The number of hydrogen-bond donors (Lipinski definition) is 2. The molecule has 3 aromatic carbocycles. The number of amides is 2. The maximum absolute atomic E-state index is 14.8. The fourth-order valence-corrected chi connectivity index (χ4v) is 8.95. The molecule has 274 valence electrons. The lowest BCUT2D eigenvalue weighted by molar-refractivity contribution is -0.141. The number of nitrogens with zero attached hydrogens (tertiary/aromatic N) is 4. The van der Waals surface area contributed by atoms with Gasteiger partial charge in [0, 0.05) is 71.7 Å². The largest absolute Gasteiger partial charge is 0.368 e. The summed E-state index contributed by atoms with van der Waals surface area (Å²) >= 11 is 13.3. The number of allylic oxidation sites excluding steroid dienone is 2. The van der Waals surface area contributed by atoms with E-state index in [1.165, 1.54) is 0 Å². The molecule has 0 bridgehead atoms. The monoisotopic (exact) mass is 758 g/mol. The number of pyridine rings is 1. The molecule has 2 aromatic heterocycles. The van der Waals surface area contributed by atoms with Crippen LogP contribution in [0.1, 0.15) is 65.0 Å². The molecule has 6 heterocycles. The fraction of sp³-hybridized carbons (Fsp3) is 0.279. The molecule has 2 amide bonds. The van der Waals surface area contributed by atoms with Gasteiger partial charge in [0.15, 0.2) is 5.82 Å². The van der Waals surface area contributed by atoms with Crippen LogP contribution in [0.25, 0.3) is 22.2 Å². The second-order valence-corrected chi connectivity index (χ2v) is 15.3. The Balaban J connectivity index is 1.15. The second-order valence-electron chi connectivity index (χ2n) is 14.4. The van der Waals surface area contributed by atoms with Crippen LogP contribution in [0.5, 0.6) is 0 Å². The number of aromatic amines is 1. The zero-order valence-electron chi connectivity index (χ0n) is 29.9. The lowest BCUT2D eigenvalue weighted by Crippen LogP contribution is -2.51. The van der Waals surface area contributed by atoms with Crippen LogP contribution in [-0.2, 0) is 9.53 Å². The summed E-state index contributed by atoms with van der Waals surface area (Å²) in [5.74, 6) is 0.603. The number of carbonyl (C=O) groups is 2. The van der Waals surface area contributed by atoms with Gasteiger partial charge in [0.2, 0.25) is 0 Å². The van der Waals surface area contributed by atoms with Gasteiger partial charge in [-0.1, -0.05) is 78.7 Å². The number of carbonyl (C=O) groups excluding carboxylic acids is 2. The molecule has 0 spiro atoms. The Morgan fingerprint density at radius 1 is 0.944 bits per heavy atom. The molecule has 4 aliphatic heterocycles. The minimum atomic E-state index is -0.337. The van der Waals surface area contributed by atoms with Crippen LogP contribution < -0.4 is 10.2 Å². The molecule has 0 aliphatic carbocycles. The molecule has 0 saturated carbocycles. The quantitative estimate of drug-likeness (QED) is 0.180. The summed E-state index contributed by atoms with van der Waals surface area (Å²) in [6, 6.07) is 25.8. The van der Waals surface area contributed by atoms with Crippen molar-refractivity contribution in [1.29, 1.82) is 0 Å². The Labute approximate surface area is 324 Å². The Morgan fingerprint density at radius 2 is 1.74 bits per heavy atom. The highest BCUT2D eigenvalue weighted by Gasteiger charge is 2.40. The first kappa shape index (κ1) is 34.7. The van der Waals surface area contributed by atoms with Crippen molar-refractivity contribution in [2.75, 3.05) is 43.0 Å². The zero-order valence-corrected chi connectivity index (χ0v) is 31.4. The highest BCUT2D eigenvalue weighted by Crippen LogP contribution is 2.53. The van der Waals surface area contributed by atoms with Gasteiger partial charge < -0.3 is 29.7 Å². The minimum absolute atomic E-state index is 0.0631. The lowest BCUT2D eigenvalue weighted by atomic mass is 9.82. The van der Waals surface area contributed by atoms with Gasteiger partial charge in [-0.3, -0.25) is 9.59 Å². The third-order valence-corrected chi connectivity index (χ3v) is 11.6. The smallest absolute Gasteiger partial charge is 0.272 e. The van der Waals surface area contributed by atoms with Crippen molar-refractivity contribution in [3.63, 3.8) is 0 Å². The summed E-state index contributed by atoms with van der Waals surface area (Å²) in [4.78, 5) is 42.4. The summed E-state index contributed by atoms with van der Waals surface area (Å²) in [5.41, 5.74) is 7.97. The highest BCUT2D eigenvalue weighted by atomic mass is 35.5. The maximum atomic E-state index is 14.8. The SMILES string of the molecule is CC1CC=CN2C(=C1c1ccccc1)c1c(C(=O)Nc3cccnc3N3CCN(C(=O)C4CCCO4)CC3)[nH]c3cc(Cl)cc(c13)C2c1ccc(Cl)cc1. The van der Waals surface area contributed by atoms with Gasteiger partial charge in [-0.2, -0.15) is 0 Å². The van der Waals surface area contributed by atoms with E-state index in [0.29, 0.717) is 60.0 Å². The first-order valence-electron chi connectivity index (χ1n) is 18.6. The van der Waals surface area contributed by atoms with Crippen molar-refractivity contribution in [2.45, 2.75) is 38.3 Å². The predicted octanol–water partition coefficient (Wildman–Crippen LogP) is 8.78. The van der Waals surface area contributed by atoms with Crippen LogP contribution >= 0.6 is 23.2 Å². The molecule has 3 unspecified atom stereocenters. The van der Waals surface area contributed by atoms with Crippen LogP contribution in [0.15, 0.2) is 97.3 Å². The van der Waals surface area contributed by atoms with E-state index in [9.17, 15) is 9.59 Å². The normalized spacial score (nSPS) is 21.0. The number of H-pyrrole nitrogens is 1. The van der Waals surface area contributed by atoms with E-state index >= 15 is 0 Å². The molecular formula is C43H40Cl2N6O3. The Bertz CT molecular complexity index is 2310. The molecule has 2 fully saturated rings. The van der Waals surface area contributed by atoms with Gasteiger partial charge in [-0.05, 0) is 83.8 Å². The molecule has 0 radical (unpaired) electrons. The Morgan fingerprint density at radius 3 is 2.50 bits per heavy atom. The van der Waals surface area contributed by atoms with Crippen molar-refractivity contribution in [2.24, 2.45) is 5.92 Å². The number of nitrogens with one attached hydrogen (secondary N) is 2. The van der Waals surface area contributed by atoms with Crippen LogP contribution in [0.3, 0.4) is 0 Å². The van der Waals surface area contributed by atoms with Gasteiger partial charge in [0.25, 0.3) is 11.8 Å². The van der Waals surface area contributed by atoms with Gasteiger partial charge in [0.05, 0.1) is 17.4 Å². The van der Waals surface area contributed by atoms with E-state index in [-0.39, 0.29) is 29.9 Å². The molecule has 11 heteroatoms. The van der Waals surface area contributed by atoms with Gasteiger partial charge in [0.1, 0.15) is 11.8 Å². The second kappa shape index (κ2) is 14.3. The first-order valence-corrected chi connectivity index (χ1v) is 19.4. The van der Waals surface area contributed by atoms with Crippen molar-refractivity contribution in [3.05, 3.63) is 135 Å². The molecule has 2 saturated heterocycles. The number of rotatable bonds is 6. The van der Waals surface area contributed by atoms with Crippen LogP contribution in [-0.4, -0.2) is 70.5 Å². The fourth-order valence-electron chi connectivity index (χ4n) is 8.59. The van der Waals surface area contributed by atoms with Gasteiger partial charge in [-0.25, -0.2) is 4.98 Å². The third-order valence-electron chi connectivity index (χ3n) is 11.1. The van der Waals surface area contributed by atoms with E-state index < -0.39 is 0 Å². The molecular weight excluding hydrogens is 719 g/mol. The average molecular weight is 760 g/mol. The number of benzene rings is 3. The highest BCUT2D eigenvalue weighted by molar-refractivity contribution is 6.32. The van der Waals surface area contributed by atoms with Crippen LogP contribution in [0.2, 0.25) is 10.0 Å². The van der Waals surface area contributed by atoms with E-state index in [1.807, 2.05) is 47.4 Å². The average Bonchev–Trinajstić information content (AvgIpc) is 3.83. The minimum Gasteiger partial charge on any atom is -0.368 e. The zero-order chi connectivity index (χ0) is 36.9. The standard InChI is InChI=1S/C43H40Cl2N6O3/c1-26-8-6-18-51-39(28-13-15-29(44)16-14-28)31-24-30(45)25-33-36(31)37(40(51)35(26)27-9-3-2-4-10-27)38(47-33)42(52)48-32-11-5-17-46-41(32)49-19-21-50(22-20-49)43(53)34-12-7-23-54-34/h2-6,9-11,13-18,24-26,34,39,47H,7-8,12,19-23H2,1H3,(H,48,52). The topological polar surface area (TPSA) is 93.8 Å². The number of hydrogen-bond acceptors (Lipinski definition) is 6. The number of fused-ring (bicyclic) bond motifs is 2. The summed E-state index contributed by atoms with van der Waals surface area (Å²) < 4.78 is 5.66. The van der Waals surface area contributed by atoms with Crippen molar-refractivity contribution in [1.82, 2.24) is 19.8 Å². The molecule has 54 heavy (non-hydrogen) atoms. The molecule has 9 rings (SSSR count). The molecule has 3 atom stereocenters. The Kier molecular flexibility index (Phi) is 9.17. The molecule has 2 N–H and O–H groups in total. The van der Waals surface area contributed by atoms with Gasteiger partial charge in [-0.15, -0.1) is 0 Å². The molecule has 4 aliphatic rings. The van der Waals surface area contributed by atoms with Crippen LogP contribution in [0.4, 0.5) is 11.5 Å². The Hall–Kier alpha value is -5.09. The number of ether oxygens (including phenoxy) is 1. The molecule has 9 nitrogen and oxygen atoms in total. The van der Waals surface area contributed by atoms with Crippen LogP contribution in [0, 0.1) is 5.92 Å². The summed E-state index contributed by atoms with van der Waals surface area (Å²) in [5, 5.41) is 5.44. The summed E-state index contributed by atoms with van der Waals surface area (Å²) in [6.07, 6.45) is 8.30.